The van der Waals surface area contributed by atoms with E-state index >= 15 is 0 Å². The third-order valence-electron chi connectivity index (χ3n) is 3.37. The summed E-state index contributed by atoms with van der Waals surface area (Å²) in [4.78, 5) is 16.7. The van der Waals surface area contributed by atoms with E-state index in [0.717, 1.165) is 16.3 Å². The van der Waals surface area contributed by atoms with Crippen molar-refractivity contribution < 1.29 is 4.79 Å². The summed E-state index contributed by atoms with van der Waals surface area (Å²) in [5.74, 6) is -0.111. The quantitative estimate of drug-likeness (QED) is 0.738. The van der Waals surface area contributed by atoms with Gasteiger partial charge in [0.05, 0.1) is 6.04 Å². The molecule has 0 radical (unpaired) electrons. The van der Waals surface area contributed by atoms with Crippen LogP contribution in [0.25, 0.3) is 10.8 Å². The summed E-state index contributed by atoms with van der Waals surface area (Å²) in [6, 6.07) is 16.4. The van der Waals surface area contributed by atoms with Crippen molar-refractivity contribution in [3.8, 4) is 0 Å². The normalized spacial score (nSPS) is 12.2. The van der Waals surface area contributed by atoms with Gasteiger partial charge in [0.25, 0.3) is 0 Å². The van der Waals surface area contributed by atoms with Gasteiger partial charge in [-0.05, 0) is 10.9 Å². The van der Waals surface area contributed by atoms with Gasteiger partial charge in [-0.3, -0.25) is 9.78 Å². The van der Waals surface area contributed by atoms with E-state index in [1.54, 1.807) is 12.4 Å². The van der Waals surface area contributed by atoms with E-state index in [2.05, 4.69) is 4.98 Å². The highest BCUT2D eigenvalue weighted by molar-refractivity contribution is 6.10. The van der Waals surface area contributed by atoms with Crippen molar-refractivity contribution in [1.29, 1.82) is 0 Å². The fourth-order valence-electron chi connectivity index (χ4n) is 2.29. The average molecular weight is 262 g/mol. The SMILES string of the molecule is N[C@@H](C(=O)c1cncc2ccccc12)c1ccccc1. The number of fused-ring (bicyclic) bond motifs is 1. The zero-order chi connectivity index (χ0) is 13.9. The maximum absolute atomic E-state index is 12.6. The Kier molecular flexibility index (Phi) is 3.27. The molecule has 0 saturated carbocycles. The van der Waals surface area contributed by atoms with Crippen LogP contribution in [0, 0.1) is 0 Å². The van der Waals surface area contributed by atoms with Crippen LogP contribution in [0.4, 0.5) is 0 Å². The number of hydrogen-bond donors (Lipinski definition) is 1. The molecule has 0 spiro atoms. The number of benzene rings is 2. The second kappa shape index (κ2) is 5.23. The van der Waals surface area contributed by atoms with Crippen LogP contribution in [0.2, 0.25) is 0 Å². The maximum Gasteiger partial charge on any atom is 0.186 e. The first-order chi connectivity index (χ1) is 9.77. The third-order valence-corrected chi connectivity index (χ3v) is 3.37. The number of carbonyl (C=O) groups excluding carboxylic acids is 1. The van der Waals surface area contributed by atoms with Gasteiger partial charge in [-0.15, -0.1) is 0 Å². The molecule has 20 heavy (non-hydrogen) atoms. The summed E-state index contributed by atoms with van der Waals surface area (Å²) in [6.07, 6.45) is 3.34. The second-order valence-corrected chi connectivity index (χ2v) is 4.66. The highest BCUT2D eigenvalue weighted by Crippen LogP contribution is 2.22. The Morgan fingerprint density at radius 1 is 0.950 bits per heavy atom. The molecule has 0 fully saturated rings. The van der Waals surface area contributed by atoms with Crippen LogP contribution in [0.5, 0.6) is 0 Å². The molecule has 1 atom stereocenters. The van der Waals surface area contributed by atoms with Crippen LogP contribution in [0.15, 0.2) is 67.0 Å². The number of pyridine rings is 1. The summed E-state index contributed by atoms with van der Waals surface area (Å²) in [7, 11) is 0. The van der Waals surface area contributed by atoms with E-state index in [0.29, 0.717) is 5.56 Å². The molecule has 1 aromatic heterocycles. The number of Topliss-reactive ketones (excluding diaryl/α,β-unsaturated/α-hetero) is 1. The van der Waals surface area contributed by atoms with E-state index in [1.807, 2.05) is 54.6 Å². The average Bonchev–Trinajstić information content (AvgIpc) is 2.54. The predicted molar refractivity (Wildman–Crippen MR) is 79.4 cm³/mol. The smallest absolute Gasteiger partial charge is 0.186 e. The Morgan fingerprint density at radius 3 is 2.45 bits per heavy atom. The topological polar surface area (TPSA) is 56.0 Å². The lowest BCUT2D eigenvalue weighted by molar-refractivity contribution is 0.0962. The van der Waals surface area contributed by atoms with Gasteiger partial charge < -0.3 is 5.73 Å². The molecule has 0 bridgehead atoms. The van der Waals surface area contributed by atoms with E-state index in [4.69, 9.17) is 5.73 Å². The molecular weight excluding hydrogens is 248 g/mol. The van der Waals surface area contributed by atoms with Gasteiger partial charge in [0.2, 0.25) is 0 Å². The van der Waals surface area contributed by atoms with Crippen molar-refractivity contribution in [2.45, 2.75) is 6.04 Å². The van der Waals surface area contributed by atoms with Crippen molar-refractivity contribution in [2.24, 2.45) is 5.73 Å². The Morgan fingerprint density at radius 2 is 1.65 bits per heavy atom. The van der Waals surface area contributed by atoms with Gasteiger partial charge in [-0.1, -0.05) is 54.6 Å². The van der Waals surface area contributed by atoms with Crippen LogP contribution in [-0.4, -0.2) is 10.8 Å². The number of hydrogen-bond acceptors (Lipinski definition) is 3. The summed E-state index contributed by atoms with van der Waals surface area (Å²) in [6.45, 7) is 0. The number of carbonyl (C=O) groups is 1. The maximum atomic E-state index is 12.6. The molecule has 3 nitrogen and oxygen atoms in total. The minimum absolute atomic E-state index is 0.111. The molecule has 0 saturated heterocycles. The summed E-state index contributed by atoms with van der Waals surface area (Å²) >= 11 is 0. The van der Waals surface area contributed by atoms with E-state index in [9.17, 15) is 4.79 Å². The zero-order valence-electron chi connectivity index (χ0n) is 10.9. The molecule has 0 aliphatic rings. The molecule has 0 unspecified atom stereocenters. The lowest BCUT2D eigenvalue weighted by atomic mass is 9.96. The number of nitrogens with two attached hydrogens (primary N) is 1. The molecule has 2 aromatic carbocycles. The standard InChI is InChI=1S/C17H14N2O/c18-16(12-6-2-1-3-7-12)17(20)15-11-19-10-13-8-4-5-9-14(13)15/h1-11,16H,18H2/t16-/m1/s1. The van der Waals surface area contributed by atoms with Crippen LogP contribution in [0.1, 0.15) is 22.0 Å². The van der Waals surface area contributed by atoms with Gasteiger partial charge in [-0.2, -0.15) is 0 Å². The fraction of sp³-hybridized carbons (Fsp3) is 0.0588. The van der Waals surface area contributed by atoms with Gasteiger partial charge in [0.15, 0.2) is 5.78 Å². The number of ketones is 1. The zero-order valence-corrected chi connectivity index (χ0v) is 10.9. The van der Waals surface area contributed by atoms with Crippen LogP contribution < -0.4 is 5.73 Å². The Labute approximate surface area is 117 Å². The summed E-state index contributed by atoms with van der Waals surface area (Å²) < 4.78 is 0. The van der Waals surface area contributed by atoms with Gasteiger partial charge in [-0.25, -0.2) is 0 Å². The van der Waals surface area contributed by atoms with Crippen molar-refractivity contribution in [1.82, 2.24) is 4.98 Å². The van der Waals surface area contributed by atoms with Gasteiger partial charge >= 0.3 is 0 Å². The number of nitrogens with zero attached hydrogens (tertiary/aromatic N) is 1. The van der Waals surface area contributed by atoms with Crippen LogP contribution >= 0.6 is 0 Å². The molecule has 0 aliphatic carbocycles. The molecule has 0 aliphatic heterocycles. The van der Waals surface area contributed by atoms with Gasteiger partial charge in [0.1, 0.15) is 0 Å². The van der Waals surface area contributed by atoms with Crippen molar-refractivity contribution >= 4 is 16.6 Å². The molecule has 0 amide bonds. The first-order valence-corrected chi connectivity index (χ1v) is 6.45. The first-order valence-electron chi connectivity index (χ1n) is 6.45. The van der Waals surface area contributed by atoms with E-state index in [1.165, 1.54) is 0 Å². The third kappa shape index (κ3) is 2.19. The molecule has 3 heteroatoms. The molecular formula is C17H14N2O. The Bertz CT molecular complexity index is 748. The minimum Gasteiger partial charge on any atom is -0.318 e. The lowest BCUT2D eigenvalue weighted by Crippen LogP contribution is -2.21. The molecule has 3 aromatic rings. The summed E-state index contributed by atoms with van der Waals surface area (Å²) in [5.41, 5.74) is 7.46. The molecule has 98 valence electrons. The highest BCUT2D eigenvalue weighted by Gasteiger charge is 2.19. The largest absolute Gasteiger partial charge is 0.318 e. The van der Waals surface area contributed by atoms with E-state index < -0.39 is 6.04 Å². The monoisotopic (exact) mass is 262 g/mol. The van der Waals surface area contributed by atoms with Gasteiger partial charge in [0, 0.05) is 23.3 Å². The molecule has 1 heterocycles. The van der Waals surface area contributed by atoms with Crippen molar-refractivity contribution in [3.63, 3.8) is 0 Å². The van der Waals surface area contributed by atoms with Crippen LogP contribution in [0.3, 0.4) is 0 Å². The lowest BCUT2D eigenvalue weighted by Gasteiger charge is -2.12. The van der Waals surface area contributed by atoms with Crippen molar-refractivity contribution in [2.75, 3.05) is 0 Å². The Hall–Kier alpha value is -2.52. The minimum atomic E-state index is -0.663. The predicted octanol–water partition coefficient (Wildman–Crippen LogP) is 3.12. The summed E-state index contributed by atoms with van der Waals surface area (Å²) in [5, 5.41) is 1.83. The number of aromatic nitrogens is 1. The fourth-order valence-corrected chi connectivity index (χ4v) is 2.29. The highest BCUT2D eigenvalue weighted by atomic mass is 16.1. The molecule has 2 N–H and O–H groups in total. The number of rotatable bonds is 3. The van der Waals surface area contributed by atoms with E-state index in [-0.39, 0.29) is 5.78 Å². The van der Waals surface area contributed by atoms with Crippen LogP contribution in [-0.2, 0) is 0 Å². The molecule has 3 rings (SSSR count). The first kappa shape index (κ1) is 12.5. The Balaban J connectivity index is 2.05. The second-order valence-electron chi connectivity index (χ2n) is 4.66. The van der Waals surface area contributed by atoms with Crippen molar-refractivity contribution in [3.05, 3.63) is 78.1 Å².